The molecule has 0 aromatic heterocycles. The molecule has 0 aliphatic carbocycles. The highest BCUT2D eigenvalue weighted by Gasteiger charge is 2.21. The van der Waals surface area contributed by atoms with Gasteiger partial charge in [0.05, 0.1) is 31.3 Å². The maximum Gasteiger partial charge on any atom is 0.222 e. The highest BCUT2D eigenvalue weighted by molar-refractivity contribution is 5.76. The lowest BCUT2D eigenvalue weighted by Gasteiger charge is -2.23. The van der Waals surface area contributed by atoms with Crippen LogP contribution in [0.5, 0.6) is 0 Å². The van der Waals surface area contributed by atoms with Gasteiger partial charge < -0.3 is 20.6 Å². The third kappa shape index (κ3) is 31.1. The molecular formula is C39H77NO4. The van der Waals surface area contributed by atoms with Crippen LogP contribution in [0.2, 0.25) is 0 Å². The molecule has 0 bridgehead atoms. The van der Waals surface area contributed by atoms with Crippen LogP contribution in [-0.4, -0.2) is 46.1 Å². The predicted octanol–water partition coefficient (Wildman–Crippen LogP) is 10.5. The van der Waals surface area contributed by atoms with Crippen LogP contribution in [0.4, 0.5) is 0 Å². The van der Waals surface area contributed by atoms with Crippen LogP contribution in [0.15, 0.2) is 12.2 Å². The van der Waals surface area contributed by atoms with Crippen molar-refractivity contribution in [3.05, 3.63) is 12.2 Å². The van der Waals surface area contributed by atoms with Crippen LogP contribution in [0, 0.1) is 0 Å². The zero-order valence-corrected chi connectivity index (χ0v) is 29.6. The van der Waals surface area contributed by atoms with Gasteiger partial charge in [-0.3, -0.25) is 4.79 Å². The van der Waals surface area contributed by atoms with Crippen LogP contribution >= 0.6 is 0 Å². The normalized spacial score (nSPS) is 13.8. The van der Waals surface area contributed by atoms with Crippen molar-refractivity contribution in [2.24, 2.45) is 0 Å². The number of amides is 1. The van der Waals surface area contributed by atoms with E-state index >= 15 is 0 Å². The second-order valence-corrected chi connectivity index (χ2v) is 13.5. The van der Waals surface area contributed by atoms with Gasteiger partial charge >= 0.3 is 0 Å². The van der Waals surface area contributed by atoms with E-state index in [4.69, 9.17) is 0 Å². The number of carbonyl (C=O) groups is 1. The molecule has 0 aromatic rings. The summed E-state index contributed by atoms with van der Waals surface area (Å²) in [6.45, 7) is 4.20. The number of unbranched alkanes of at least 4 members (excludes halogenated alkanes) is 24. The molecule has 0 saturated carbocycles. The van der Waals surface area contributed by atoms with Crippen molar-refractivity contribution < 1.29 is 20.1 Å². The Labute approximate surface area is 274 Å². The highest BCUT2D eigenvalue weighted by atomic mass is 16.3. The predicted molar refractivity (Wildman–Crippen MR) is 190 cm³/mol. The Bertz CT molecular complexity index is 611. The van der Waals surface area contributed by atoms with E-state index < -0.39 is 18.2 Å². The quantitative estimate of drug-likeness (QED) is 0.0418. The summed E-state index contributed by atoms with van der Waals surface area (Å²) in [7, 11) is 0. The van der Waals surface area contributed by atoms with E-state index in [9.17, 15) is 20.1 Å². The van der Waals surface area contributed by atoms with Crippen molar-refractivity contribution in [1.82, 2.24) is 5.32 Å². The van der Waals surface area contributed by atoms with E-state index in [-0.39, 0.29) is 18.9 Å². The van der Waals surface area contributed by atoms with Gasteiger partial charge in [-0.25, -0.2) is 0 Å². The summed E-state index contributed by atoms with van der Waals surface area (Å²) in [5, 5.41) is 33.2. The molecule has 0 aliphatic rings. The molecule has 3 unspecified atom stereocenters. The smallest absolute Gasteiger partial charge is 0.222 e. The first-order chi connectivity index (χ1) is 21.5. The van der Waals surface area contributed by atoms with Gasteiger partial charge in [-0.1, -0.05) is 180 Å². The monoisotopic (exact) mass is 624 g/mol. The molecule has 0 fully saturated rings. The number of aliphatic hydroxyl groups excluding tert-OH is 3. The molecule has 0 spiro atoms. The SMILES string of the molecule is CCCC/C=C\CCCCCC(O)CC(=O)NC(CO)C(O)CCCCCCCCCCCCCCCCCCCCCC. The summed E-state index contributed by atoms with van der Waals surface area (Å²) in [5.41, 5.74) is 0. The number of nitrogens with one attached hydrogen (secondary N) is 1. The fraction of sp³-hybridized carbons (Fsp3) is 0.923. The topological polar surface area (TPSA) is 89.8 Å². The minimum atomic E-state index is -0.748. The first-order valence-corrected chi connectivity index (χ1v) is 19.5. The molecule has 0 rings (SSSR count). The second kappa shape index (κ2) is 35.0. The third-order valence-corrected chi connectivity index (χ3v) is 9.08. The number of allylic oxidation sites excluding steroid dienone is 2. The number of hydrogen-bond acceptors (Lipinski definition) is 4. The molecule has 0 saturated heterocycles. The molecule has 0 aromatic carbocycles. The molecule has 3 atom stereocenters. The van der Waals surface area contributed by atoms with E-state index in [1.54, 1.807) is 0 Å². The average molecular weight is 624 g/mol. The maximum atomic E-state index is 12.3. The number of rotatable bonds is 35. The lowest BCUT2D eigenvalue weighted by atomic mass is 10.0. The summed E-state index contributed by atoms with van der Waals surface area (Å²) in [4.78, 5) is 12.3. The van der Waals surface area contributed by atoms with Crippen molar-refractivity contribution in [3.8, 4) is 0 Å². The van der Waals surface area contributed by atoms with Gasteiger partial charge in [-0.2, -0.15) is 0 Å². The van der Waals surface area contributed by atoms with Gasteiger partial charge in [0, 0.05) is 0 Å². The molecule has 5 nitrogen and oxygen atoms in total. The van der Waals surface area contributed by atoms with Gasteiger partial charge in [0.15, 0.2) is 0 Å². The third-order valence-electron chi connectivity index (χ3n) is 9.08. The maximum absolute atomic E-state index is 12.3. The molecule has 1 amide bonds. The van der Waals surface area contributed by atoms with Crippen LogP contribution in [0.3, 0.4) is 0 Å². The molecule has 4 N–H and O–H groups in total. The highest BCUT2D eigenvalue weighted by Crippen LogP contribution is 2.16. The van der Waals surface area contributed by atoms with Crippen molar-refractivity contribution >= 4 is 5.91 Å². The summed E-state index contributed by atoms with van der Waals surface area (Å²) < 4.78 is 0. The van der Waals surface area contributed by atoms with Crippen molar-refractivity contribution in [2.45, 2.75) is 225 Å². The number of carbonyl (C=O) groups excluding carboxylic acids is 1. The second-order valence-electron chi connectivity index (χ2n) is 13.5. The standard InChI is InChI=1S/C39H77NO4/c1-3-5-7-9-11-13-14-15-16-17-18-19-20-21-22-23-25-27-29-31-33-38(43)37(35-41)40-39(44)34-36(42)32-30-28-26-24-12-10-8-6-4-2/h10,12,36-38,41-43H,3-9,11,13-35H2,1-2H3,(H,40,44)/b12-10-. The first-order valence-electron chi connectivity index (χ1n) is 19.5. The Morgan fingerprint density at radius 1 is 0.545 bits per heavy atom. The van der Waals surface area contributed by atoms with Crippen molar-refractivity contribution in [1.29, 1.82) is 0 Å². The van der Waals surface area contributed by atoms with Crippen molar-refractivity contribution in [2.75, 3.05) is 6.61 Å². The zero-order chi connectivity index (χ0) is 32.4. The molecule has 262 valence electrons. The van der Waals surface area contributed by atoms with Gasteiger partial charge in [0.1, 0.15) is 0 Å². The summed E-state index contributed by atoms with van der Waals surface area (Å²) in [6, 6.07) is -0.658. The Kier molecular flexibility index (Phi) is 34.2. The fourth-order valence-electron chi connectivity index (χ4n) is 6.03. The average Bonchev–Trinajstić information content (AvgIpc) is 3.01. The molecule has 0 heterocycles. The van der Waals surface area contributed by atoms with E-state index in [1.807, 2.05) is 0 Å². The van der Waals surface area contributed by atoms with E-state index in [2.05, 4.69) is 31.3 Å². The van der Waals surface area contributed by atoms with Gasteiger partial charge in [0.25, 0.3) is 0 Å². The Morgan fingerprint density at radius 2 is 0.932 bits per heavy atom. The minimum Gasteiger partial charge on any atom is -0.394 e. The molecular weight excluding hydrogens is 546 g/mol. The first kappa shape index (κ1) is 43.1. The number of hydrogen-bond donors (Lipinski definition) is 4. The van der Waals surface area contributed by atoms with Crippen LogP contribution in [0.25, 0.3) is 0 Å². The largest absolute Gasteiger partial charge is 0.394 e. The van der Waals surface area contributed by atoms with Crippen LogP contribution in [0.1, 0.15) is 206 Å². The lowest BCUT2D eigenvalue weighted by molar-refractivity contribution is -0.125. The van der Waals surface area contributed by atoms with Gasteiger partial charge in [-0.15, -0.1) is 0 Å². The Morgan fingerprint density at radius 3 is 1.39 bits per heavy atom. The number of aliphatic hydroxyl groups is 3. The van der Waals surface area contributed by atoms with E-state index in [1.165, 1.54) is 128 Å². The van der Waals surface area contributed by atoms with E-state index in [0.29, 0.717) is 12.8 Å². The summed E-state index contributed by atoms with van der Waals surface area (Å²) in [6.07, 6.45) is 38.9. The molecule has 44 heavy (non-hydrogen) atoms. The van der Waals surface area contributed by atoms with Crippen LogP contribution < -0.4 is 5.32 Å². The van der Waals surface area contributed by atoms with Gasteiger partial charge in [0.2, 0.25) is 5.91 Å². The molecule has 0 radical (unpaired) electrons. The summed E-state index contributed by atoms with van der Waals surface area (Å²) >= 11 is 0. The zero-order valence-electron chi connectivity index (χ0n) is 29.6. The Hall–Kier alpha value is -0.910. The van der Waals surface area contributed by atoms with E-state index in [0.717, 1.165) is 44.9 Å². The summed E-state index contributed by atoms with van der Waals surface area (Å²) in [5.74, 6) is -0.294. The molecule has 0 aliphatic heterocycles. The van der Waals surface area contributed by atoms with Crippen molar-refractivity contribution in [3.63, 3.8) is 0 Å². The van der Waals surface area contributed by atoms with Crippen LogP contribution in [-0.2, 0) is 4.79 Å². The lowest BCUT2D eigenvalue weighted by Crippen LogP contribution is -2.46. The van der Waals surface area contributed by atoms with Gasteiger partial charge in [-0.05, 0) is 32.1 Å². The molecule has 5 heteroatoms. The Balaban J connectivity index is 3.59. The minimum absolute atomic E-state index is 0.0272. The fourth-order valence-corrected chi connectivity index (χ4v) is 6.03.